The van der Waals surface area contributed by atoms with Crippen molar-refractivity contribution in [2.24, 2.45) is 0 Å². The van der Waals surface area contributed by atoms with E-state index in [1.165, 1.54) is 25.7 Å². The number of unbranched alkanes of at least 4 members (excludes halogenated alkanes) is 5. The third-order valence-electron chi connectivity index (χ3n) is 1.74. The maximum atomic E-state index is 10.1. The van der Waals surface area contributed by atoms with E-state index in [2.05, 4.69) is 6.92 Å². The summed E-state index contributed by atoms with van der Waals surface area (Å²) in [6.07, 6.45) is 7.25. The van der Waals surface area contributed by atoms with E-state index in [0.717, 1.165) is 12.8 Å². The third-order valence-corrected chi connectivity index (χ3v) is 1.74. The summed E-state index contributed by atoms with van der Waals surface area (Å²) < 4.78 is 0. The second kappa shape index (κ2) is 11.5. The van der Waals surface area contributed by atoms with Gasteiger partial charge in [-0.2, -0.15) is 0 Å². The van der Waals surface area contributed by atoms with E-state index < -0.39 is 5.97 Å². The van der Waals surface area contributed by atoms with Crippen LogP contribution < -0.4 is 0 Å². The summed E-state index contributed by atoms with van der Waals surface area (Å²) >= 11 is 0. The molecule has 0 unspecified atom stereocenters. The van der Waals surface area contributed by atoms with Crippen molar-refractivity contribution in [2.75, 3.05) is 0 Å². The first-order chi connectivity index (χ1) is 5.27. The number of rotatable bonds is 7. The van der Waals surface area contributed by atoms with Crippen molar-refractivity contribution in [3.63, 3.8) is 0 Å². The standard InChI is InChI=1S/C9H18O2.Na.H/c1-2-3-4-5-6-7-8-9(10)11;;/h2-8H2,1H3,(H,10,11);;. The van der Waals surface area contributed by atoms with Crippen LogP contribution >= 0.6 is 0 Å². The topological polar surface area (TPSA) is 37.3 Å². The molecule has 0 aliphatic heterocycles. The van der Waals surface area contributed by atoms with Crippen molar-refractivity contribution >= 4 is 35.5 Å². The fourth-order valence-corrected chi connectivity index (χ4v) is 1.06. The Balaban J connectivity index is 0. The molecule has 0 radical (unpaired) electrons. The molecular formula is C9H19NaO2. The molecule has 3 heteroatoms. The number of carboxylic acids is 1. The van der Waals surface area contributed by atoms with Gasteiger partial charge < -0.3 is 5.11 Å². The SMILES string of the molecule is CCCCCCCCC(=O)O.[NaH]. The average molecular weight is 182 g/mol. The number of hydrogen-bond donors (Lipinski definition) is 1. The molecule has 0 aliphatic carbocycles. The van der Waals surface area contributed by atoms with Crippen molar-refractivity contribution in [3.8, 4) is 0 Å². The first-order valence-corrected chi connectivity index (χ1v) is 4.49. The van der Waals surface area contributed by atoms with Gasteiger partial charge in [-0.3, -0.25) is 4.79 Å². The molecule has 2 nitrogen and oxygen atoms in total. The van der Waals surface area contributed by atoms with E-state index in [1.54, 1.807) is 0 Å². The molecule has 0 fully saturated rings. The molecule has 0 spiro atoms. The Morgan fingerprint density at radius 2 is 1.58 bits per heavy atom. The number of aliphatic carboxylic acids is 1. The Kier molecular flexibility index (Phi) is 14.3. The van der Waals surface area contributed by atoms with E-state index in [4.69, 9.17) is 5.11 Å². The summed E-state index contributed by atoms with van der Waals surface area (Å²) in [6.45, 7) is 2.18. The van der Waals surface area contributed by atoms with Gasteiger partial charge in [0.1, 0.15) is 0 Å². The maximum absolute atomic E-state index is 10.1. The van der Waals surface area contributed by atoms with Gasteiger partial charge in [-0.25, -0.2) is 0 Å². The van der Waals surface area contributed by atoms with Gasteiger partial charge in [-0.15, -0.1) is 0 Å². The van der Waals surface area contributed by atoms with E-state index in [9.17, 15) is 4.79 Å². The Labute approximate surface area is 97.0 Å². The molecule has 0 aromatic rings. The molecular weight excluding hydrogens is 163 g/mol. The zero-order chi connectivity index (χ0) is 8.53. The fraction of sp³-hybridized carbons (Fsp3) is 0.889. The minimum atomic E-state index is -0.666. The molecule has 1 N–H and O–H groups in total. The van der Waals surface area contributed by atoms with Gasteiger partial charge in [0.25, 0.3) is 0 Å². The second-order valence-corrected chi connectivity index (χ2v) is 2.91. The summed E-state index contributed by atoms with van der Waals surface area (Å²) in [5, 5.41) is 8.32. The molecule has 0 atom stereocenters. The molecule has 0 heterocycles. The van der Waals surface area contributed by atoms with Gasteiger partial charge in [-0.05, 0) is 6.42 Å². The first-order valence-electron chi connectivity index (χ1n) is 4.49. The molecule has 0 rings (SSSR count). The van der Waals surface area contributed by atoms with Gasteiger partial charge in [0.2, 0.25) is 0 Å². The summed E-state index contributed by atoms with van der Waals surface area (Å²) in [7, 11) is 0. The van der Waals surface area contributed by atoms with Crippen LogP contribution in [-0.2, 0) is 4.79 Å². The number of carboxylic acid groups (broad SMARTS) is 1. The molecule has 0 bridgehead atoms. The van der Waals surface area contributed by atoms with Crippen LogP contribution in [0.3, 0.4) is 0 Å². The Morgan fingerprint density at radius 1 is 1.08 bits per heavy atom. The molecule has 0 aliphatic rings. The monoisotopic (exact) mass is 182 g/mol. The first kappa shape index (κ1) is 15.0. The van der Waals surface area contributed by atoms with E-state index in [0.29, 0.717) is 6.42 Å². The molecule has 0 saturated carbocycles. The molecule has 0 aromatic carbocycles. The van der Waals surface area contributed by atoms with Gasteiger partial charge in [0.15, 0.2) is 0 Å². The van der Waals surface area contributed by atoms with Crippen molar-refractivity contribution < 1.29 is 9.90 Å². The Bertz CT molecular complexity index is 105. The Morgan fingerprint density at radius 3 is 2.08 bits per heavy atom. The Hall–Kier alpha value is 0.470. The molecule has 0 saturated heterocycles. The molecule has 68 valence electrons. The predicted molar refractivity (Wildman–Crippen MR) is 52.8 cm³/mol. The third kappa shape index (κ3) is 13.1. The normalized spacial score (nSPS) is 9.08. The van der Waals surface area contributed by atoms with Crippen molar-refractivity contribution in [3.05, 3.63) is 0 Å². The van der Waals surface area contributed by atoms with Gasteiger partial charge in [0.05, 0.1) is 0 Å². The van der Waals surface area contributed by atoms with Gasteiger partial charge in [-0.1, -0.05) is 39.0 Å². The summed E-state index contributed by atoms with van der Waals surface area (Å²) in [5.41, 5.74) is 0. The van der Waals surface area contributed by atoms with Crippen molar-refractivity contribution in [1.82, 2.24) is 0 Å². The second-order valence-electron chi connectivity index (χ2n) is 2.91. The predicted octanol–water partition coefficient (Wildman–Crippen LogP) is 2.17. The average Bonchev–Trinajstić information content (AvgIpc) is 1.96. The number of carbonyl (C=O) groups is 1. The summed E-state index contributed by atoms with van der Waals surface area (Å²) in [5.74, 6) is -0.666. The van der Waals surface area contributed by atoms with Gasteiger partial charge in [0, 0.05) is 6.42 Å². The van der Waals surface area contributed by atoms with Crippen molar-refractivity contribution in [1.29, 1.82) is 0 Å². The fourth-order valence-electron chi connectivity index (χ4n) is 1.06. The summed E-state index contributed by atoms with van der Waals surface area (Å²) in [6, 6.07) is 0. The summed E-state index contributed by atoms with van der Waals surface area (Å²) in [4.78, 5) is 10.1. The minimum absolute atomic E-state index is 0. The van der Waals surface area contributed by atoms with Crippen LogP contribution in [0.4, 0.5) is 0 Å². The number of hydrogen-bond acceptors (Lipinski definition) is 1. The van der Waals surface area contributed by atoms with Crippen LogP contribution in [-0.4, -0.2) is 40.6 Å². The van der Waals surface area contributed by atoms with Crippen LogP contribution in [0, 0.1) is 0 Å². The zero-order valence-electron chi connectivity index (χ0n) is 7.31. The zero-order valence-corrected chi connectivity index (χ0v) is 7.31. The quantitative estimate of drug-likeness (QED) is 0.484. The van der Waals surface area contributed by atoms with Crippen LogP contribution in [0.5, 0.6) is 0 Å². The van der Waals surface area contributed by atoms with Crippen LogP contribution in [0.1, 0.15) is 51.9 Å². The van der Waals surface area contributed by atoms with Gasteiger partial charge >= 0.3 is 35.5 Å². The molecule has 0 aromatic heterocycles. The van der Waals surface area contributed by atoms with E-state index >= 15 is 0 Å². The van der Waals surface area contributed by atoms with Crippen molar-refractivity contribution in [2.45, 2.75) is 51.9 Å². The van der Waals surface area contributed by atoms with Crippen LogP contribution in [0.25, 0.3) is 0 Å². The molecule has 12 heavy (non-hydrogen) atoms. The molecule has 0 amide bonds. The van der Waals surface area contributed by atoms with Crippen LogP contribution in [0.2, 0.25) is 0 Å². The van der Waals surface area contributed by atoms with E-state index in [-0.39, 0.29) is 29.6 Å². The van der Waals surface area contributed by atoms with Crippen LogP contribution in [0.15, 0.2) is 0 Å². The van der Waals surface area contributed by atoms with E-state index in [1.807, 2.05) is 0 Å².